The summed E-state index contributed by atoms with van der Waals surface area (Å²) in [5, 5.41) is 11.2. The molecule has 0 atom stereocenters. The first-order valence-corrected chi connectivity index (χ1v) is 9.81. The smallest absolute Gasteiger partial charge is 0.272 e. The number of rotatable bonds is 7. The molecular weight excluding hydrogens is 352 g/mol. The van der Waals surface area contributed by atoms with Gasteiger partial charge in [0.05, 0.1) is 11.1 Å². The van der Waals surface area contributed by atoms with Crippen LogP contribution in [0.15, 0.2) is 53.3 Å². The van der Waals surface area contributed by atoms with E-state index in [1.54, 1.807) is 6.07 Å². The van der Waals surface area contributed by atoms with Gasteiger partial charge in [-0.1, -0.05) is 30.3 Å². The van der Waals surface area contributed by atoms with Gasteiger partial charge in [-0.3, -0.25) is 9.59 Å². The van der Waals surface area contributed by atoms with Crippen molar-refractivity contribution >= 4 is 22.4 Å². The fraction of sp³-hybridized carbons (Fsp3) is 0.318. The van der Waals surface area contributed by atoms with Crippen molar-refractivity contribution < 1.29 is 4.79 Å². The Morgan fingerprint density at radius 2 is 1.89 bits per heavy atom. The van der Waals surface area contributed by atoms with Crippen LogP contribution < -0.4 is 10.9 Å². The molecule has 1 fully saturated rings. The summed E-state index contributed by atoms with van der Waals surface area (Å²) in [5.74, 6) is 0.0278. The molecular formula is C22H24N4O2. The molecule has 2 heterocycles. The predicted molar refractivity (Wildman–Crippen MR) is 111 cm³/mol. The highest BCUT2D eigenvalue weighted by atomic mass is 16.1. The van der Waals surface area contributed by atoms with Crippen molar-refractivity contribution in [3.8, 4) is 11.3 Å². The van der Waals surface area contributed by atoms with Crippen molar-refractivity contribution in [2.24, 2.45) is 0 Å². The van der Waals surface area contributed by atoms with Crippen molar-refractivity contribution in [2.75, 3.05) is 25.0 Å². The second-order valence-corrected chi connectivity index (χ2v) is 7.23. The van der Waals surface area contributed by atoms with Crippen molar-refractivity contribution in [1.82, 2.24) is 15.1 Å². The van der Waals surface area contributed by atoms with Crippen molar-refractivity contribution in [3.05, 3.63) is 58.9 Å². The zero-order chi connectivity index (χ0) is 19.3. The topological polar surface area (TPSA) is 78.1 Å². The van der Waals surface area contributed by atoms with E-state index in [1.807, 2.05) is 42.5 Å². The summed E-state index contributed by atoms with van der Waals surface area (Å²) in [6, 6.07) is 15.0. The number of nitrogens with one attached hydrogen (secondary N) is 2. The maximum Gasteiger partial charge on any atom is 0.272 e. The molecule has 1 aromatic heterocycles. The number of unbranched alkanes of at least 4 members (excludes halogenated alkanes) is 1. The SMILES string of the molecule is O=C(CCCCN1CCC1)Nc1cccc(-c2n[nH]c(=O)c3ccccc23)c1. The minimum atomic E-state index is -0.206. The third-order valence-electron chi connectivity index (χ3n) is 5.19. The number of amides is 1. The van der Waals surface area contributed by atoms with Gasteiger partial charge in [-0.2, -0.15) is 5.10 Å². The van der Waals surface area contributed by atoms with Crippen LogP contribution in [0.25, 0.3) is 22.0 Å². The molecule has 1 amide bonds. The third kappa shape index (κ3) is 4.12. The number of benzene rings is 2. The Kier molecular flexibility index (Phi) is 5.48. The number of aromatic amines is 1. The van der Waals surface area contributed by atoms with Gasteiger partial charge in [-0.25, -0.2) is 5.10 Å². The van der Waals surface area contributed by atoms with Crippen LogP contribution in [0.1, 0.15) is 25.7 Å². The summed E-state index contributed by atoms with van der Waals surface area (Å²) in [6.45, 7) is 3.49. The zero-order valence-corrected chi connectivity index (χ0v) is 15.8. The molecule has 1 aliphatic rings. The number of hydrogen-bond donors (Lipinski definition) is 2. The lowest BCUT2D eigenvalue weighted by molar-refractivity contribution is -0.116. The highest BCUT2D eigenvalue weighted by molar-refractivity contribution is 5.95. The summed E-state index contributed by atoms with van der Waals surface area (Å²) in [6.07, 6.45) is 3.78. The van der Waals surface area contributed by atoms with E-state index in [-0.39, 0.29) is 11.5 Å². The molecule has 1 aliphatic heterocycles. The van der Waals surface area contributed by atoms with Gasteiger partial charge >= 0.3 is 0 Å². The molecule has 0 aliphatic carbocycles. The monoisotopic (exact) mass is 376 g/mol. The quantitative estimate of drug-likeness (QED) is 0.620. The number of H-pyrrole nitrogens is 1. The lowest BCUT2D eigenvalue weighted by Gasteiger charge is -2.30. The number of likely N-dealkylation sites (tertiary alicyclic amines) is 1. The van der Waals surface area contributed by atoms with Crippen molar-refractivity contribution in [3.63, 3.8) is 0 Å². The molecule has 0 radical (unpaired) electrons. The highest BCUT2D eigenvalue weighted by Gasteiger charge is 2.13. The Labute approximate surface area is 163 Å². The standard InChI is InChI=1S/C22H24N4O2/c27-20(11-3-4-12-26-13-6-14-26)23-17-8-5-7-16(15-17)21-18-9-1-2-10-19(18)22(28)25-24-21/h1-2,5,7-10,15H,3-4,6,11-14H2,(H,23,27)(H,25,28). The lowest BCUT2D eigenvalue weighted by atomic mass is 10.0. The van der Waals surface area contributed by atoms with E-state index < -0.39 is 0 Å². The van der Waals surface area contributed by atoms with Crippen LogP contribution in [-0.4, -0.2) is 40.6 Å². The molecule has 2 aromatic carbocycles. The average molecular weight is 376 g/mol. The molecule has 1 saturated heterocycles. The van der Waals surface area contributed by atoms with Crippen molar-refractivity contribution in [1.29, 1.82) is 0 Å². The van der Waals surface area contributed by atoms with Gasteiger partial charge in [0, 0.05) is 23.1 Å². The first kappa shape index (κ1) is 18.4. The van der Waals surface area contributed by atoms with Gasteiger partial charge in [0.2, 0.25) is 5.91 Å². The predicted octanol–water partition coefficient (Wildman–Crippen LogP) is 3.40. The van der Waals surface area contributed by atoms with Gasteiger partial charge in [-0.05, 0) is 57.1 Å². The van der Waals surface area contributed by atoms with E-state index in [2.05, 4.69) is 20.4 Å². The molecule has 6 heteroatoms. The highest BCUT2D eigenvalue weighted by Crippen LogP contribution is 2.26. The maximum absolute atomic E-state index is 12.3. The number of carbonyl (C=O) groups is 1. The maximum atomic E-state index is 12.3. The number of fused-ring (bicyclic) bond motifs is 1. The van der Waals surface area contributed by atoms with Gasteiger partial charge in [0.1, 0.15) is 0 Å². The van der Waals surface area contributed by atoms with Crippen LogP contribution in [0.2, 0.25) is 0 Å². The summed E-state index contributed by atoms with van der Waals surface area (Å²) in [4.78, 5) is 26.7. The minimum absolute atomic E-state index is 0.0278. The summed E-state index contributed by atoms with van der Waals surface area (Å²) in [7, 11) is 0. The molecule has 0 bridgehead atoms. The molecule has 6 nitrogen and oxygen atoms in total. The third-order valence-corrected chi connectivity index (χ3v) is 5.19. The molecule has 0 unspecified atom stereocenters. The Hall–Kier alpha value is -2.99. The fourth-order valence-corrected chi connectivity index (χ4v) is 3.53. The van der Waals surface area contributed by atoms with Crippen LogP contribution in [0, 0.1) is 0 Å². The molecule has 28 heavy (non-hydrogen) atoms. The zero-order valence-electron chi connectivity index (χ0n) is 15.8. The number of aromatic nitrogens is 2. The van der Waals surface area contributed by atoms with Crippen LogP contribution in [0.3, 0.4) is 0 Å². The second-order valence-electron chi connectivity index (χ2n) is 7.23. The number of nitrogens with zero attached hydrogens (tertiary/aromatic N) is 2. The molecule has 2 N–H and O–H groups in total. The Balaban J connectivity index is 1.44. The molecule has 0 spiro atoms. The molecule has 4 rings (SSSR count). The normalized spacial score (nSPS) is 14.0. The first-order valence-electron chi connectivity index (χ1n) is 9.81. The summed E-state index contributed by atoms with van der Waals surface area (Å²) < 4.78 is 0. The van der Waals surface area contributed by atoms with Crippen LogP contribution in [0.4, 0.5) is 5.69 Å². The number of hydrogen-bond acceptors (Lipinski definition) is 4. The lowest BCUT2D eigenvalue weighted by Crippen LogP contribution is -2.37. The van der Waals surface area contributed by atoms with Crippen LogP contribution >= 0.6 is 0 Å². The fourth-order valence-electron chi connectivity index (χ4n) is 3.53. The van der Waals surface area contributed by atoms with Gasteiger partial charge in [0.15, 0.2) is 0 Å². The van der Waals surface area contributed by atoms with E-state index in [9.17, 15) is 9.59 Å². The summed E-state index contributed by atoms with van der Waals surface area (Å²) >= 11 is 0. The van der Waals surface area contributed by atoms with Crippen LogP contribution in [0.5, 0.6) is 0 Å². The Bertz CT molecular complexity index is 1040. The van der Waals surface area contributed by atoms with E-state index in [0.29, 0.717) is 17.5 Å². The van der Waals surface area contributed by atoms with E-state index in [0.717, 1.165) is 36.0 Å². The minimum Gasteiger partial charge on any atom is -0.326 e. The van der Waals surface area contributed by atoms with Gasteiger partial charge < -0.3 is 10.2 Å². The largest absolute Gasteiger partial charge is 0.326 e. The first-order chi connectivity index (χ1) is 13.7. The Morgan fingerprint density at radius 3 is 2.68 bits per heavy atom. The average Bonchev–Trinajstić information content (AvgIpc) is 2.67. The van der Waals surface area contributed by atoms with Gasteiger partial charge in [0.25, 0.3) is 5.56 Å². The molecule has 144 valence electrons. The molecule has 0 saturated carbocycles. The number of anilines is 1. The van der Waals surface area contributed by atoms with Crippen molar-refractivity contribution in [2.45, 2.75) is 25.7 Å². The van der Waals surface area contributed by atoms with E-state index in [4.69, 9.17) is 0 Å². The van der Waals surface area contributed by atoms with E-state index in [1.165, 1.54) is 19.5 Å². The van der Waals surface area contributed by atoms with Gasteiger partial charge in [-0.15, -0.1) is 0 Å². The summed E-state index contributed by atoms with van der Waals surface area (Å²) in [5.41, 5.74) is 2.08. The molecule has 3 aromatic rings. The second kappa shape index (κ2) is 8.35. The Morgan fingerprint density at radius 1 is 1.07 bits per heavy atom. The van der Waals surface area contributed by atoms with E-state index >= 15 is 0 Å². The van der Waals surface area contributed by atoms with Crippen LogP contribution in [-0.2, 0) is 4.79 Å². The number of carbonyl (C=O) groups excluding carboxylic acids is 1.